The Bertz CT molecular complexity index is 535. The lowest BCUT2D eigenvalue weighted by atomic mass is 10.1. The molecule has 0 saturated carbocycles. The van der Waals surface area contributed by atoms with Crippen LogP contribution in [0.1, 0.15) is 26.6 Å². The van der Waals surface area contributed by atoms with E-state index in [0.29, 0.717) is 5.92 Å². The number of hydrogen-bond donors (Lipinski definition) is 1. The number of benzene rings is 1. The minimum atomic E-state index is 0.652. The molecule has 0 unspecified atom stereocenters. The molecule has 0 amide bonds. The first-order valence-corrected chi connectivity index (χ1v) is 6.21. The lowest BCUT2D eigenvalue weighted by molar-refractivity contribution is -0.670. The van der Waals surface area contributed by atoms with Crippen molar-refractivity contribution in [3.05, 3.63) is 42.2 Å². The van der Waals surface area contributed by atoms with Crippen LogP contribution in [0.4, 0.5) is 0 Å². The Hall–Kier alpha value is -1.57. The van der Waals surface area contributed by atoms with Gasteiger partial charge in [-0.05, 0) is 30.5 Å². The molecule has 1 aromatic carbocycles. The third-order valence-corrected chi connectivity index (χ3v) is 2.83. The summed E-state index contributed by atoms with van der Waals surface area (Å²) in [4.78, 5) is 3.52. The average molecular weight is 229 g/mol. The normalized spacial score (nSPS) is 11.3. The number of allylic oxidation sites excluding steroid dienone is 1. The highest BCUT2D eigenvalue weighted by Crippen LogP contribution is 2.12. The van der Waals surface area contributed by atoms with Gasteiger partial charge in [0.1, 0.15) is 6.54 Å². The summed E-state index contributed by atoms with van der Waals surface area (Å²) in [5.41, 5.74) is 3.67. The number of fused-ring (bicyclic) bond motifs is 1. The highest BCUT2D eigenvalue weighted by atomic mass is 15.1. The first-order chi connectivity index (χ1) is 8.08. The van der Waals surface area contributed by atoms with Crippen LogP contribution >= 0.6 is 0 Å². The molecule has 1 N–H and O–H groups in total. The maximum absolute atomic E-state index is 4.02. The quantitative estimate of drug-likeness (QED) is 0.613. The highest BCUT2D eigenvalue weighted by Gasteiger charge is 2.18. The SMILES string of the molecule is C=C(C)C[n+]1c(CC(C)C)[nH]c2ccccc21. The van der Waals surface area contributed by atoms with Crippen LogP contribution in [0, 0.1) is 5.92 Å². The molecule has 1 aromatic heterocycles. The molecule has 2 rings (SSSR count). The maximum Gasteiger partial charge on any atom is 0.255 e. The van der Waals surface area contributed by atoms with Crippen LogP contribution in [0.3, 0.4) is 0 Å². The van der Waals surface area contributed by atoms with Gasteiger partial charge in [-0.1, -0.05) is 32.6 Å². The Morgan fingerprint density at radius 1 is 1.35 bits per heavy atom. The molecule has 0 bridgehead atoms. The van der Waals surface area contributed by atoms with Gasteiger partial charge in [-0.15, -0.1) is 0 Å². The Kier molecular flexibility index (Phi) is 3.32. The Labute approximate surface area is 103 Å². The lowest BCUT2D eigenvalue weighted by Gasteiger charge is -2.03. The van der Waals surface area contributed by atoms with E-state index in [-0.39, 0.29) is 0 Å². The van der Waals surface area contributed by atoms with E-state index in [0.717, 1.165) is 13.0 Å². The van der Waals surface area contributed by atoms with Crippen molar-refractivity contribution in [1.82, 2.24) is 4.98 Å². The van der Waals surface area contributed by atoms with Crippen molar-refractivity contribution in [3.8, 4) is 0 Å². The van der Waals surface area contributed by atoms with Gasteiger partial charge in [0.2, 0.25) is 0 Å². The third kappa shape index (κ3) is 2.57. The number of rotatable bonds is 4. The zero-order chi connectivity index (χ0) is 12.4. The van der Waals surface area contributed by atoms with E-state index in [1.165, 1.54) is 22.4 Å². The second-order valence-electron chi connectivity index (χ2n) is 5.23. The van der Waals surface area contributed by atoms with Gasteiger partial charge >= 0.3 is 0 Å². The predicted octanol–water partition coefficient (Wildman–Crippen LogP) is 3.23. The fourth-order valence-corrected chi connectivity index (χ4v) is 2.18. The van der Waals surface area contributed by atoms with Gasteiger partial charge in [0.05, 0.1) is 6.42 Å². The van der Waals surface area contributed by atoms with Crippen LogP contribution in [0.2, 0.25) is 0 Å². The van der Waals surface area contributed by atoms with E-state index in [1.807, 2.05) is 0 Å². The lowest BCUT2D eigenvalue weighted by Crippen LogP contribution is -2.38. The highest BCUT2D eigenvalue weighted by molar-refractivity contribution is 5.71. The average Bonchev–Trinajstić information content (AvgIpc) is 2.55. The van der Waals surface area contributed by atoms with Crippen molar-refractivity contribution in [2.45, 2.75) is 33.7 Å². The van der Waals surface area contributed by atoms with E-state index in [4.69, 9.17) is 0 Å². The summed E-state index contributed by atoms with van der Waals surface area (Å²) in [6.45, 7) is 11.5. The molecular weight excluding hydrogens is 208 g/mol. The van der Waals surface area contributed by atoms with Gasteiger partial charge in [-0.3, -0.25) is 0 Å². The van der Waals surface area contributed by atoms with Gasteiger partial charge < -0.3 is 0 Å². The molecule has 0 aliphatic heterocycles. The number of imidazole rings is 1. The summed E-state index contributed by atoms with van der Waals surface area (Å²) in [5.74, 6) is 1.95. The predicted molar refractivity (Wildman–Crippen MR) is 71.8 cm³/mol. The molecule has 0 aliphatic rings. The topological polar surface area (TPSA) is 19.7 Å². The van der Waals surface area contributed by atoms with Crippen molar-refractivity contribution in [2.24, 2.45) is 5.92 Å². The smallest absolute Gasteiger partial charge is 0.241 e. The van der Waals surface area contributed by atoms with E-state index in [2.05, 4.69) is 61.2 Å². The molecule has 17 heavy (non-hydrogen) atoms. The van der Waals surface area contributed by atoms with Crippen molar-refractivity contribution >= 4 is 11.0 Å². The number of nitrogens with one attached hydrogen (secondary N) is 1. The molecular formula is C15H21N2+. The van der Waals surface area contributed by atoms with Crippen LogP contribution in [0.25, 0.3) is 11.0 Å². The summed E-state index contributed by atoms with van der Waals surface area (Å²) in [6.07, 6.45) is 1.07. The summed E-state index contributed by atoms with van der Waals surface area (Å²) >= 11 is 0. The maximum atomic E-state index is 4.02. The first-order valence-electron chi connectivity index (χ1n) is 6.21. The van der Waals surface area contributed by atoms with Crippen LogP contribution < -0.4 is 4.57 Å². The molecule has 0 saturated heterocycles. The van der Waals surface area contributed by atoms with Gasteiger partial charge in [0, 0.05) is 0 Å². The van der Waals surface area contributed by atoms with Gasteiger partial charge in [-0.2, -0.15) is 0 Å². The number of nitrogens with zero attached hydrogens (tertiary/aromatic N) is 1. The van der Waals surface area contributed by atoms with Gasteiger partial charge in [0.15, 0.2) is 11.0 Å². The fraction of sp³-hybridized carbons (Fsp3) is 0.400. The number of para-hydroxylation sites is 2. The Balaban J connectivity index is 2.52. The van der Waals surface area contributed by atoms with Crippen molar-refractivity contribution < 1.29 is 4.57 Å². The summed E-state index contributed by atoms with van der Waals surface area (Å²) in [5, 5.41) is 0. The van der Waals surface area contributed by atoms with E-state index in [9.17, 15) is 0 Å². The Morgan fingerprint density at radius 2 is 2.06 bits per heavy atom. The van der Waals surface area contributed by atoms with E-state index in [1.54, 1.807) is 0 Å². The molecule has 0 radical (unpaired) electrons. The van der Waals surface area contributed by atoms with E-state index < -0.39 is 0 Å². The molecule has 2 nitrogen and oxygen atoms in total. The standard InChI is InChI=1S/C15H20N2/c1-11(2)9-15-16-13-7-5-6-8-14(13)17(15)10-12(3)4/h5-8,11H,3,9-10H2,1-2,4H3/p+1. The van der Waals surface area contributed by atoms with E-state index >= 15 is 0 Å². The van der Waals surface area contributed by atoms with Crippen molar-refractivity contribution in [2.75, 3.05) is 0 Å². The fourth-order valence-electron chi connectivity index (χ4n) is 2.18. The minimum absolute atomic E-state index is 0.652. The summed E-state index contributed by atoms with van der Waals surface area (Å²) in [7, 11) is 0. The van der Waals surface area contributed by atoms with Crippen molar-refractivity contribution in [3.63, 3.8) is 0 Å². The third-order valence-electron chi connectivity index (χ3n) is 2.83. The monoisotopic (exact) mass is 229 g/mol. The molecule has 2 aromatic rings. The molecule has 0 spiro atoms. The van der Waals surface area contributed by atoms with Gasteiger partial charge in [-0.25, -0.2) is 9.55 Å². The zero-order valence-electron chi connectivity index (χ0n) is 11.0. The first kappa shape index (κ1) is 11.9. The number of H-pyrrole nitrogens is 1. The van der Waals surface area contributed by atoms with Crippen LogP contribution in [0.5, 0.6) is 0 Å². The summed E-state index contributed by atoms with van der Waals surface area (Å²) < 4.78 is 2.34. The molecule has 1 heterocycles. The number of hydrogen-bond acceptors (Lipinski definition) is 0. The van der Waals surface area contributed by atoms with Crippen LogP contribution in [0.15, 0.2) is 36.4 Å². The Morgan fingerprint density at radius 3 is 2.71 bits per heavy atom. The second-order valence-corrected chi connectivity index (χ2v) is 5.23. The number of aromatic nitrogens is 2. The van der Waals surface area contributed by atoms with Crippen LogP contribution in [-0.4, -0.2) is 4.98 Å². The molecule has 0 aliphatic carbocycles. The zero-order valence-corrected chi connectivity index (χ0v) is 11.0. The van der Waals surface area contributed by atoms with Gasteiger partial charge in [0.25, 0.3) is 5.82 Å². The van der Waals surface area contributed by atoms with Crippen molar-refractivity contribution in [1.29, 1.82) is 0 Å². The molecule has 0 atom stereocenters. The molecule has 0 fully saturated rings. The second kappa shape index (κ2) is 4.74. The summed E-state index contributed by atoms with van der Waals surface area (Å²) in [6, 6.07) is 8.46. The molecule has 90 valence electrons. The minimum Gasteiger partial charge on any atom is -0.241 e. The van der Waals surface area contributed by atoms with Crippen LogP contribution in [-0.2, 0) is 13.0 Å². The number of aromatic amines is 1. The largest absolute Gasteiger partial charge is 0.255 e. The molecule has 2 heteroatoms.